The highest BCUT2D eigenvalue weighted by Gasteiger charge is 2.12. The van der Waals surface area contributed by atoms with E-state index in [0.29, 0.717) is 33.0 Å². The van der Waals surface area contributed by atoms with E-state index < -0.39 is 0 Å². The van der Waals surface area contributed by atoms with Gasteiger partial charge in [0.15, 0.2) is 5.82 Å². The molecule has 0 unspecified atom stereocenters. The molecule has 0 fully saturated rings. The van der Waals surface area contributed by atoms with Crippen LogP contribution in [0.1, 0.15) is 5.76 Å². The Morgan fingerprint density at radius 3 is 2.77 bits per heavy atom. The highest BCUT2D eigenvalue weighted by atomic mass is 35.5. The maximum Gasteiger partial charge on any atom is 0.261 e. The number of benzene rings is 2. The Morgan fingerprint density at radius 2 is 1.97 bits per heavy atom. The predicted octanol–water partition coefficient (Wildman–Crippen LogP) is 4.06. The Hall–Kier alpha value is -3.49. The van der Waals surface area contributed by atoms with Crippen LogP contribution < -0.4 is 5.43 Å². The Morgan fingerprint density at radius 1 is 1.13 bits per heavy atom. The van der Waals surface area contributed by atoms with Crippen molar-refractivity contribution < 1.29 is 9.21 Å². The molecule has 0 aliphatic rings. The van der Waals surface area contributed by atoms with E-state index in [1.807, 2.05) is 30.3 Å². The molecule has 0 radical (unpaired) electrons. The van der Waals surface area contributed by atoms with E-state index in [1.165, 1.54) is 10.9 Å². The van der Waals surface area contributed by atoms with Gasteiger partial charge in [-0.2, -0.15) is 5.10 Å². The summed E-state index contributed by atoms with van der Waals surface area (Å²) < 4.78 is 7.09. The van der Waals surface area contributed by atoms with Crippen molar-refractivity contribution in [3.8, 4) is 22.7 Å². The number of hydrogen-bond acceptors (Lipinski definition) is 6. The number of hydrogen-bond donors (Lipinski definition) is 1. The van der Waals surface area contributed by atoms with Crippen molar-refractivity contribution in [2.75, 3.05) is 0 Å². The molecule has 0 aliphatic carbocycles. The lowest BCUT2D eigenvalue weighted by Gasteiger charge is -2.03. The Kier molecular flexibility index (Phi) is 5.87. The van der Waals surface area contributed by atoms with Gasteiger partial charge < -0.3 is 4.42 Å². The lowest BCUT2D eigenvalue weighted by molar-refractivity contribution is -0.121. The summed E-state index contributed by atoms with van der Waals surface area (Å²) in [5, 5.41) is 16.4. The van der Waals surface area contributed by atoms with E-state index in [4.69, 9.17) is 27.6 Å². The Bertz CT molecular complexity index is 1200. The van der Waals surface area contributed by atoms with E-state index >= 15 is 0 Å². The largest absolute Gasteiger partial charge is 0.455 e. The number of carbonyl (C=O) groups is 1. The van der Waals surface area contributed by atoms with Crippen LogP contribution in [0.25, 0.3) is 22.7 Å². The van der Waals surface area contributed by atoms with E-state index in [9.17, 15) is 4.79 Å². The first-order chi connectivity index (χ1) is 14.6. The lowest BCUT2D eigenvalue weighted by atomic mass is 10.2. The topological polar surface area (TPSA) is 98.2 Å². The number of amides is 1. The van der Waals surface area contributed by atoms with Gasteiger partial charge in [-0.25, -0.2) is 10.1 Å². The molecule has 10 heteroatoms. The van der Waals surface area contributed by atoms with Crippen LogP contribution >= 0.6 is 23.2 Å². The van der Waals surface area contributed by atoms with Gasteiger partial charge in [-0.15, -0.1) is 5.10 Å². The van der Waals surface area contributed by atoms with Gasteiger partial charge in [0.25, 0.3) is 5.91 Å². The molecule has 2 aromatic carbocycles. The van der Waals surface area contributed by atoms with E-state index in [2.05, 4.69) is 26.1 Å². The van der Waals surface area contributed by atoms with Gasteiger partial charge in [-0.3, -0.25) is 4.79 Å². The maximum atomic E-state index is 12.2. The van der Waals surface area contributed by atoms with Crippen LogP contribution in [0.4, 0.5) is 0 Å². The van der Waals surface area contributed by atoms with Crippen LogP contribution in [0, 0.1) is 0 Å². The fraction of sp³-hybridized carbons (Fsp3) is 0.0500. The summed E-state index contributed by atoms with van der Waals surface area (Å²) in [6.45, 7) is -0.0850. The second kappa shape index (κ2) is 8.89. The predicted molar refractivity (Wildman–Crippen MR) is 113 cm³/mol. The van der Waals surface area contributed by atoms with Crippen molar-refractivity contribution >= 4 is 35.3 Å². The molecule has 0 atom stereocenters. The second-order valence-electron chi connectivity index (χ2n) is 6.15. The van der Waals surface area contributed by atoms with E-state index in [-0.39, 0.29) is 12.5 Å². The van der Waals surface area contributed by atoms with Crippen LogP contribution in [-0.4, -0.2) is 32.3 Å². The maximum absolute atomic E-state index is 12.2. The normalized spacial score (nSPS) is 11.1. The summed E-state index contributed by atoms with van der Waals surface area (Å²) in [6.07, 6.45) is 1.39. The van der Waals surface area contributed by atoms with Crippen molar-refractivity contribution in [3.05, 3.63) is 76.5 Å². The fourth-order valence-corrected chi connectivity index (χ4v) is 3.20. The summed E-state index contributed by atoms with van der Waals surface area (Å²) >= 11 is 12.1. The standard InChI is InChI=1S/C20H14Cl2N6O2/c21-14-6-8-16(17(22)10-14)18-9-7-15(30-18)11-23-24-19(29)12-28-20(25-26-27-28)13-4-2-1-3-5-13/h1-11H,12H2,(H,24,29)/b23-11+. The second-order valence-corrected chi connectivity index (χ2v) is 6.99. The van der Waals surface area contributed by atoms with E-state index in [1.54, 1.807) is 30.3 Å². The molecule has 2 heterocycles. The molecule has 4 rings (SSSR count). The summed E-state index contributed by atoms with van der Waals surface area (Å²) in [5.74, 6) is 1.11. The van der Waals surface area contributed by atoms with Crippen molar-refractivity contribution in [1.82, 2.24) is 25.6 Å². The first kappa shape index (κ1) is 19.8. The molecule has 0 aliphatic heterocycles. The zero-order chi connectivity index (χ0) is 20.9. The van der Waals surface area contributed by atoms with Gasteiger partial charge in [0.1, 0.15) is 18.1 Å². The number of furan rings is 1. The molecule has 2 aromatic heterocycles. The molecule has 0 saturated carbocycles. The fourth-order valence-electron chi connectivity index (χ4n) is 2.70. The van der Waals surface area contributed by atoms with Crippen LogP contribution in [0.15, 0.2) is 70.2 Å². The van der Waals surface area contributed by atoms with Crippen LogP contribution in [0.2, 0.25) is 10.0 Å². The van der Waals surface area contributed by atoms with Crippen molar-refractivity contribution in [1.29, 1.82) is 0 Å². The van der Waals surface area contributed by atoms with Crippen LogP contribution in [-0.2, 0) is 11.3 Å². The SMILES string of the molecule is O=C(Cn1nnnc1-c1ccccc1)N/N=C/c1ccc(-c2ccc(Cl)cc2Cl)o1. The molecule has 0 saturated heterocycles. The first-order valence-corrected chi connectivity index (χ1v) is 9.54. The average Bonchev–Trinajstić information content (AvgIpc) is 3.38. The molecule has 30 heavy (non-hydrogen) atoms. The van der Waals surface area contributed by atoms with Gasteiger partial charge in [-0.1, -0.05) is 53.5 Å². The van der Waals surface area contributed by atoms with Gasteiger partial charge in [0, 0.05) is 16.1 Å². The molecule has 8 nitrogen and oxygen atoms in total. The lowest BCUT2D eigenvalue weighted by Crippen LogP contribution is -2.24. The number of aromatic nitrogens is 4. The molecule has 1 N–H and O–H groups in total. The smallest absolute Gasteiger partial charge is 0.261 e. The first-order valence-electron chi connectivity index (χ1n) is 8.79. The van der Waals surface area contributed by atoms with Crippen LogP contribution in [0.5, 0.6) is 0 Å². The number of tetrazole rings is 1. The highest BCUT2D eigenvalue weighted by Crippen LogP contribution is 2.31. The summed E-state index contributed by atoms with van der Waals surface area (Å²) in [5.41, 5.74) is 3.94. The molecule has 1 amide bonds. The van der Waals surface area contributed by atoms with Crippen LogP contribution in [0.3, 0.4) is 0 Å². The molecule has 150 valence electrons. The van der Waals surface area contributed by atoms with Gasteiger partial charge >= 0.3 is 0 Å². The third-order valence-corrected chi connectivity index (χ3v) is 4.61. The number of hydrazone groups is 1. The number of rotatable bonds is 6. The van der Waals surface area contributed by atoms with E-state index in [0.717, 1.165) is 5.56 Å². The minimum atomic E-state index is -0.386. The summed E-state index contributed by atoms with van der Waals surface area (Å²) in [4.78, 5) is 12.2. The highest BCUT2D eigenvalue weighted by molar-refractivity contribution is 6.36. The molecule has 4 aromatic rings. The molecule has 0 bridgehead atoms. The number of carbonyl (C=O) groups excluding carboxylic acids is 1. The molecule has 0 spiro atoms. The number of halogens is 2. The third-order valence-electron chi connectivity index (χ3n) is 4.06. The monoisotopic (exact) mass is 440 g/mol. The zero-order valence-corrected chi connectivity index (χ0v) is 16.9. The van der Waals surface area contributed by atoms with Crippen molar-refractivity contribution in [2.24, 2.45) is 5.10 Å². The minimum Gasteiger partial charge on any atom is -0.455 e. The van der Waals surface area contributed by atoms with Gasteiger partial charge in [0.2, 0.25) is 0 Å². The van der Waals surface area contributed by atoms with Gasteiger partial charge in [0.05, 0.1) is 11.2 Å². The van der Waals surface area contributed by atoms with Crippen molar-refractivity contribution in [3.63, 3.8) is 0 Å². The van der Waals surface area contributed by atoms with Crippen molar-refractivity contribution in [2.45, 2.75) is 6.54 Å². The number of nitrogens with one attached hydrogen (secondary N) is 1. The number of nitrogens with zero attached hydrogens (tertiary/aromatic N) is 5. The summed E-state index contributed by atoms with van der Waals surface area (Å²) in [6, 6.07) is 17.9. The average molecular weight is 441 g/mol. The third kappa shape index (κ3) is 4.56. The quantitative estimate of drug-likeness (QED) is 0.360. The Labute approximate surface area is 181 Å². The van der Waals surface area contributed by atoms with Gasteiger partial charge in [-0.05, 0) is 40.8 Å². The minimum absolute atomic E-state index is 0.0850. The molecular formula is C20H14Cl2N6O2. The summed E-state index contributed by atoms with van der Waals surface area (Å²) in [7, 11) is 0. The Balaban J connectivity index is 1.38. The zero-order valence-electron chi connectivity index (χ0n) is 15.4. The molecular weight excluding hydrogens is 427 g/mol.